The van der Waals surface area contributed by atoms with Crippen LogP contribution in [0, 0.1) is 35.0 Å². The van der Waals surface area contributed by atoms with Crippen molar-refractivity contribution in [2.75, 3.05) is 7.11 Å². The Kier molecular flexibility index (Phi) is 2.47. The molecule has 3 saturated carbocycles. The summed E-state index contributed by atoms with van der Waals surface area (Å²) in [6, 6.07) is 0. The molecule has 0 aliphatic heterocycles. The molecule has 3 aliphatic rings. The molecular formula is C16H28O. The highest BCUT2D eigenvalue weighted by Gasteiger charge is 2.66. The molecule has 1 nitrogen and oxygen atoms in total. The Hall–Kier alpha value is -0.0400. The third kappa shape index (κ3) is 1.25. The summed E-state index contributed by atoms with van der Waals surface area (Å²) in [5.74, 6) is 4.32. The van der Waals surface area contributed by atoms with Crippen LogP contribution in [-0.2, 0) is 4.74 Å². The number of rotatable bonds is 1. The molecule has 0 aromatic rings. The van der Waals surface area contributed by atoms with E-state index in [4.69, 9.17) is 4.74 Å². The van der Waals surface area contributed by atoms with E-state index in [0.29, 0.717) is 5.41 Å². The predicted octanol–water partition coefficient (Wildman–Crippen LogP) is 4.12. The zero-order chi connectivity index (χ0) is 12.4. The average molecular weight is 236 g/mol. The first-order valence-electron chi connectivity index (χ1n) is 7.50. The topological polar surface area (TPSA) is 9.23 Å². The molecule has 0 radical (unpaired) electrons. The molecule has 3 fully saturated rings. The van der Waals surface area contributed by atoms with Gasteiger partial charge in [0.25, 0.3) is 0 Å². The van der Waals surface area contributed by atoms with Crippen LogP contribution in [0.4, 0.5) is 0 Å². The van der Waals surface area contributed by atoms with Crippen molar-refractivity contribution in [1.29, 1.82) is 0 Å². The van der Waals surface area contributed by atoms with Crippen LogP contribution in [0.1, 0.15) is 53.4 Å². The van der Waals surface area contributed by atoms with Crippen LogP contribution < -0.4 is 0 Å². The van der Waals surface area contributed by atoms with E-state index in [2.05, 4.69) is 27.7 Å². The van der Waals surface area contributed by atoms with Gasteiger partial charge in [-0.2, -0.15) is 0 Å². The van der Waals surface area contributed by atoms with Crippen molar-refractivity contribution >= 4 is 0 Å². The third-order valence-electron chi connectivity index (χ3n) is 7.22. The van der Waals surface area contributed by atoms with Crippen molar-refractivity contribution in [3.63, 3.8) is 0 Å². The second kappa shape index (κ2) is 3.50. The lowest BCUT2D eigenvalue weighted by Gasteiger charge is -2.49. The Morgan fingerprint density at radius 3 is 2.41 bits per heavy atom. The van der Waals surface area contributed by atoms with Crippen LogP contribution in [0.2, 0.25) is 0 Å². The van der Waals surface area contributed by atoms with Crippen molar-refractivity contribution in [3.05, 3.63) is 0 Å². The third-order valence-corrected chi connectivity index (χ3v) is 7.22. The summed E-state index contributed by atoms with van der Waals surface area (Å²) in [5, 5.41) is 0. The fourth-order valence-corrected chi connectivity index (χ4v) is 5.89. The van der Waals surface area contributed by atoms with Gasteiger partial charge in [-0.3, -0.25) is 0 Å². The molecular weight excluding hydrogens is 208 g/mol. The van der Waals surface area contributed by atoms with Gasteiger partial charge in [-0.05, 0) is 60.7 Å². The van der Waals surface area contributed by atoms with Crippen LogP contribution in [0.5, 0.6) is 0 Å². The Balaban J connectivity index is 2.05. The average Bonchev–Trinajstić information content (AvgIpc) is 2.76. The highest BCUT2D eigenvalue weighted by molar-refractivity contribution is 5.15. The molecule has 6 atom stereocenters. The second-order valence-electron chi connectivity index (χ2n) is 7.58. The summed E-state index contributed by atoms with van der Waals surface area (Å²) in [5.41, 5.74) is 0.759. The maximum atomic E-state index is 6.14. The standard InChI is InChI=1S/C16H28O/c1-10-6-7-13-14-12(11(2)15(13,3)4)8-9-16(10,14)17-5/h10-14H,6-9H2,1-5H3/t10?,11-,12?,13?,14?,16-/m0/s1. The van der Waals surface area contributed by atoms with E-state index in [1.54, 1.807) is 0 Å². The first-order chi connectivity index (χ1) is 7.95. The molecule has 0 aromatic heterocycles. The molecule has 0 N–H and O–H groups in total. The lowest BCUT2D eigenvalue weighted by atomic mass is 9.61. The molecule has 0 aromatic carbocycles. The fraction of sp³-hybridized carbons (Fsp3) is 1.00. The van der Waals surface area contributed by atoms with E-state index in [9.17, 15) is 0 Å². The van der Waals surface area contributed by atoms with Gasteiger partial charge in [-0.1, -0.05) is 27.7 Å². The largest absolute Gasteiger partial charge is 0.378 e. The zero-order valence-corrected chi connectivity index (χ0v) is 12.1. The van der Waals surface area contributed by atoms with Crippen molar-refractivity contribution in [1.82, 2.24) is 0 Å². The molecule has 98 valence electrons. The van der Waals surface area contributed by atoms with Gasteiger partial charge in [0.15, 0.2) is 0 Å². The normalized spacial score (nSPS) is 55.9. The van der Waals surface area contributed by atoms with Crippen LogP contribution in [0.15, 0.2) is 0 Å². The van der Waals surface area contributed by atoms with E-state index < -0.39 is 0 Å². The van der Waals surface area contributed by atoms with Gasteiger partial charge in [0.05, 0.1) is 5.60 Å². The molecule has 4 unspecified atom stereocenters. The molecule has 3 rings (SSSR count). The first kappa shape index (κ1) is 12.0. The SMILES string of the molecule is CO[C@]12CCC3C1C(CCC2C)C(C)(C)[C@H]3C. The van der Waals surface area contributed by atoms with Crippen LogP contribution >= 0.6 is 0 Å². The summed E-state index contributed by atoms with van der Waals surface area (Å²) < 4.78 is 6.14. The molecule has 17 heavy (non-hydrogen) atoms. The maximum absolute atomic E-state index is 6.14. The van der Waals surface area contributed by atoms with E-state index in [0.717, 1.165) is 29.6 Å². The summed E-state index contributed by atoms with van der Waals surface area (Å²) in [7, 11) is 1.97. The fourth-order valence-electron chi connectivity index (χ4n) is 5.89. The Bertz CT molecular complexity index is 321. The number of methoxy groups -OCH3 is 1. The molecule has 3 aliphatic carbocycles. The van der Waals surface area contributed by atoms with Gasteiger partial charge in [0, 0.05) is 7.11 Å². The number of ether oxygens (including phenoxy) is 1. The van der Waals surface area contributed by atoms with E-state index in [-0.39, 0.29) is 5.60 Å². The number of hydrogen-bond donors (Lipinski definition) is 0. The van der Waals surface area contributed by atoms with Crippen LogP contribution in [-0.4, -0.2) is 12.7 Å². The van der Waals surface area contributed by atoms with E-state index in [1.807, 2.05) is 7.11 Å². The monoisotopic (exact) mass is 236 g/mol. The highest BCUT2D eigenvalue weighted by Crippen LogP contribution is 2.68. The van der Waals surface area contributed by atoms with Gasteiger partial charge < -0.3 is 4.74 Å². The van der Waals surface area contributed by atoms with E-state index in [1.165, 1.54) is 25.7 Å². The Labute approximate surface area is 106 Å². The van der Waals surface area contributed by atoms with Crippen molar-refractivity contribution in [2.24, 2.45) is 35.0 Å². The van der Waals surface area contributed by atoms with Gasteiger partial charge >= 0.3 is 0 Å². The molecule has 0 heterocycles. The number of hydrogen-bond acceptors (Lipinski definition) is 1. The minimum atomic E-state index is 0.232. The van der Waals surface area contributed by atoms with E-state index >= 15 is 0 Å². The maximum Gasteiger partial charge on any atom is 0.0737 e. The van der Waals surface area contributed by atoms with Gasteiger partial charge in [0.2, 0.25) is 0 Å². The van der Waals surface area contributed by atoms with Crippen molar-refractivity contribution in [3.8, 4) is 0 Å². The Morgan fingerprint density at radius 1 is 1.06 bits per heavy atom. The Morgan fingerprint density at radius 2 is 1.76 bits per heavy atom. The summed E-state index contributed by atoms with van der Waals surface area (Å²) in [6.45, 7) is 9.95. The summed E-state index contributed by atoms with van der Waals surface area (Å²) in [4.78, 5) is 0. The van der Waals surface area contributed by atoms with Gasteiger partial charge in [-0.15, -0.1) is 0 Å². The summed E-state index contributed by atoms with van der Waals surface area (Å²) in [6.07, 6.45) is 5.53. The minimum Gasteiger partial charge on any atom is -0.378 e. The predicted molar refractivity (Wildman–Crippen MR) is 70.8 cm³/mol. The molecule has 0 amide bonds. The first-order valence-corrected chi connectivity index (χ1v) is 7.50. The lowest BCUT2D eigenvalue weighted by molar-refractivity contribution is -0.129. The smallest absolute Gasteiger partial charge is 0.0737 e. The molecule has 1 heteroatoms. The van der Waals surface area contributed by atoms with Crippen LogP contribution in [0.3, 0.4) is 0 Å². The van der Waals surface area contributed by atoms with Crippen molar-refractivity contribution in [2.45, 2.75) is 59.0 Å². The molecule has 0 bridgehead atoms. The van der Waals surface area contributed by atoms with Gasteiger partial charge in [0.1, 0.15) is 0 Å². The molecule has 0 spiro atoms. The zero-order valence-electron chi connectivity index (χ0n) is 12.1. The van der Waals surface area contributed by atoms with Crippen molar-refractivity contribution < 1.29 is 4.74 Å². The minimum absolute atomic E-state index is 0.232. The van der Waals surface area contributed by atoms with Crippen LogP contribution in [0.25, 0.3) is 0 Å². The second-order valence-corrected chi connectivity index (χ2v) is 7.58. The highest BCUT2D eigenvalue weighted by atomic mass is 16.5. The lowest BCUT2D eigenvalue weighted by Crippen LogP contribution is -2.50. The molecule has 0 saturated heterocycles. The van der Waals surface area contributed by atoms with Gasteiger partial charge in [-0.25, -0.2) is 0 Å². The summed E-state index contributed by atoms with van der Waals surface area (Å²) >= 11 is 0. The quantitative estimate of drug-likeness (QED) is 0.665.